The summed E-state index contributed by atoms with van der Waals surface area (Å²) in [4.78, 5) is 8.11. The lowest BCUT2D eigenvalue weighted by atomic mass is 9.93. The lowest BCUT2D eigenvalue weighted by molar-refractivity contribution is 0.416. The summed E-state index contributed by atoms with van der Waals surface area (Å²) in [5, 5.41) is 3.75. The van der Waals surface area contributed by atoms with Crippen molar-refractivity contribution in [2.75, 3.05) is 19.6 Å². The van der Waals surface area contributed by atoms with Crippen molar-refractivity contribution in [3.05, 3.63) is 193 Å². The van der Waals surface area contributed by atoms with Crippen LogP contribution < -0.4 is 10.1 Å². The summed E-state index contributed by atoms with van der Waals surface area (Å²) in [6.45, 7) is 6.68. The SMILES string of the molecule is C=C(NC(/N=C(\C)c1ccccc1)c1ccc(-c2c(OC)cccc2-c2ccccc2)cc1)c1ccc2c(c1)S(C)(C)c1cccc(-c3ccccc3)c1-2. The molecule has 8 rings (SSSR count). The van der Waals surface area contributed by atoms with Crippen LogP contribution in [0.25, 0.3) is 50.2 Å². The van der Waals surface area contributed by atoms with Gasteiger partial charge in [0.25, 0.3) is 0 Å². The van der Waals surface area contributed by atoms with Crippen molar-refractivity contribution < 1.29 is 4.74 Å². The Labute approximate surface area is 321 Å². The zero-order valence-corrected chi connectivity index (χ0v) is 32.0. The van der Waals surface area contributed by atoms with Gasteiger partial charge in [0.05, 0.1) is 7.11 Å². The van der Waals surface area contributed by atoms with Gasteiger partial charge in [0.15, 0.2) is 0 Å². The minimum atomic E-state index is -1.25. The molecule has 54 heavy (non-hydrogen) atoms. The molecule has 1 atom stereocenters. The van der Waals surface area contributed by atoms with E-state index < -0.39 is 10.0 Å². The van der Waals surface area contributed by atoms with Gasteiger partial charge in [0, 0.05) is 32.3 Å². The van der Waals surface area contributed by atoms with Crippen LogP contribution in [0, 0.1) is 0 Å². The number of rotatable bonds is 10. The number of methoxy groups -OCH3 is 1. The summed E-state index contributed by atoms with van der Waals surface area (Å²) in [6, 6.07) is 60.1. The minimum Gasteiger partial charge on any atom is -0.496 e. The Morgan fingerprint density at radius 2 is 1.17 bits per heavy atom. The van der Waals surface area contributed by atoms with Crippen LogP contribution in [-0.4, -0.2) is 25.3 Å². The third-order valence-electron chi connectivity index (χ3n) is 10.5. The Kier molecular flexibility index (Phi) is 9.54. The largest absolute Gasteiger partial charge is 0.496 e. The van der Waals surface area contributed by atoms with E-state index >= 15 is 0 Å². The van der Waals surface area contributed by atoms with E-state index in [0.29, 0.717) is 0 Å². The number of fused-ring (bicyclic) bond motifs is 3. The molecule has 0 radical (unpaired) electrons. The molecule has 1 aliphatic heterocycles. The first-order chi connectivity index (χ1) is 26.3. The van der Waals surface area contributed by atoms with Gasteiger partial charge in [-0.05, 0) is 87.7 Å². The maximum absolute atomic E-state index is 5.89. The lowest BCUT2D eigenvalue weighted by Gasteiger charge is -2.29. The van der Waals surface area contributed by atoms with Gasteiger partial charge in [-0.1, -0.05) is 158 Å². The predicted octanol–water partition coefficient (Wildman–Crippen LogP) is 12.9. The van der Waals surface area contributed by atoms with E-state index in [1.54, 1.807) is 7.11 Å². The number of hydrogen-bond acceptors (Lipinski definition) is 3. The summed E-state index contributed by atoms with van der Waals surface area (Å²) in [7, 11) is 0.479. The number of ether oxygens (including phenoxy) is 1. The Morgan fingerprint density at radius 3 is 1.80 bits per heavy atom. The van der Waals surface area contributed by atoms with E-state index in [2.05, 4.69) is 177 Å². The zero-order chi connectivity index (χ0) is 37.2. The maximum Gasteiger partial charge on any atom is 0.145 e. The van der Waals surface area contributed by atoms with Crippen molar-refractivity contribution in [2.45, 2.75) is 22.9 Å². The number of benzene rings is 7. The lowest BCUT2D eigenvalue weighted by Crippen LogP contribution is -2.19. The first-order valence-corrected chi connectivity index (χ1v) is 20.7. The molecule has 1 aliphatic rings. The standard InChI is InChI=1S/C50H44N2OS/c1-34(36-17-9-6-10-18-36)51-50(40-29-27-39(28-30-40)48-42(23-15-25-45(48)53-3)37-19-11-7-12-20-37)52-35(2)41-31-32-44-47(33-41)54(4,5)46-26-16-24-43(49(44)46)38-21-13-8-14-22-38/h6-33,50,52H,2H2,1,3-5H3/b51-34+. The fourth-order valence-electron chi connectivity index (χ4n) is 7.63. The molecule has 1 heterocycles. The second-order valence-electron chi connectivity index (χ2n) is 14.1. The Bertz CT molecular complexity index is 2490. The van der Waals surface area contributed by atoms with E-state index in [1.807, 2.05) is 24.3 Å². The van der Waals surface area contributed by atoms with Gasteiger partial charge in [-0.15, -0.1) is 0 Å². The average Bonchev–Trinajstić information content (AvgIpc) is 3.46. The fraction of sp³-hybridized carbons (Fsp3) is 0.100. The molecule has 7 aromatic rings. The summed E-state index contributed by atoms with van der Waals surface area (Å²) in [5.41, 5.74) is 14.6. The van der Waals surface area contributed by atoms with E-state index in [9.17, 15) is 0 Å². The fourth-order valence-corrected chi connectivity index (χ4v) is 10.2. The van der Waals surface area contributed by atoms with Crippen LogP contribution in [0.3, 0.4) is 0 Å². The smallest absolute Gasteiger partial charge is 0.145 e. The highest BCUT2D eigenvalue weighted by Crippen LogP contribution is 2.68. The Morgan fingerprint density at radius 1 is 0.574 bits per heavy atom. The molecule has 0 spiro atoms. The molecule has 0 saturated carbocycles. The summed E-state index contributed by atoms with van der Waals surface area (Å²) in [6.07, 6.45) is 4.46. The molecule has 0 aliphatic carbocycles. The molecular formula is C50H44N2OS. The van der Waals surface area contributed by atoms with Crippen LogP contribution in [0.15, 0.2) is 191 Å². The third-order valence-corrected chi connectivity index (χ3v) is 13.4. The van der Waals surface area contributed by atoms with Crippen LogP contribution in [-0.2, 0) is 0 Å². The second kappa shape index (κ2) is 14.7. The molecule has 7 aromatic carbocycles. The quantitative estimate of drug-likeness (QED) is 0.143. The van der Waals surface area contributed by atoms with Crippen LogP contribution in [0.4, 0.5) is 0 Å². The van der Waals surface area contributed by atoms with Crippen molar-refractivity contribution in [3.8, 4) is 50.3 Å². The number of hydrogen-bond donors (Lipinski definition) is 1. The molecule has 1 unspecified atom stereocenters. The summed E-state index contributed by atoms with van der Waals surface area (Å²) in [5.74, 6) is 0.838. The minimum absolute atomic E-state index is 0.367. The number of aliphatic imine (C=N–C) groups is 1. The summed E-state index contributed by atoms with van der Waals surface area (Å²) >= 11 is 0. The van der Waals surface area contributed by atoms with Gasteiger partial charge >= 0.3 is 0 Å². The van der Waals surface area contributed by atoms with Crippen LogP contribution in [0.2, 0.25) is 0 Å². The normalized spacial score (nSPS) is 14.0. The van der Waals surface area contributed by atoms with Crippen molar-refractivity contribution >= 4 is 21.4 Å². The first kappa shape index (κ1) is 35.0. The van der Waals surface area contributed by atoms with Crippen LogP contribution >= 0.6 is 10.0 Å². The molecule has 0 saturated heterocycles. The van der Waals surface area contributed by atoms with E-state index in [1.165, 1.54) is 32.0 Å². The average molecular weight is 721 g/mol. The summed E-state index contributed by atoms with van der Waals surface area (Å²) < 4.78 is 5.89. The van der Waals surface area contributed by atoms with Crippen LogP contribution in [0.5, 0.6) is 5.75 Å². The van der Waals surface area contributed by atoms with Gasteiger partial charge in [-0.25, -0.2) is 0 Å². The van der Waals surface area contributed by atoms with Gasteiger partial charge in [0.2, 0.25) is 0 Å². The highest BCUT2D eigenvalue weighted by Gasteiger charge is 2.34. The third kappa shape index (κ3) is 6.55. The van der Waals surface area contributed by atoms with Gasteiger partial charge < -0.3 is 10.1 Å². The van der Waals surface area contributed by atoms with Crippen molar-refractivity contribution in [1.82, 2.24) is 5.32 Å². The van der Waals surface area contributed by atoms with Crippen LogP contribution in [0.1, 0.15) is 29.8 Å². The topological polar surface area (TPSA) is 33.6 Å². The Hall–Kier alpha value is -6.10. The monoisotopic (exact) mass is 720 g/mol. The molecule has 3 nitrogen and oxygen atoms in total. The number of nitrogens with one attached hydrogen (secondary N) is 1. The van der Waals surface area contributed by atoms with Crippen molar-refractivity contribution in [2.24, 2.45) is 4.99 Å². The molecular weight excluding hydrogens is 677 g/mol. The predicted molar refractivity (Wildman–Crippen MR) is 231 cm³/mol. The molecule has 266 valence electrons. The molecule has 1 N–H and O–H groups in total. The highest BCUT2D eigenvalue weighted by atomic mass is 32.3. The molecule has 0 bridgehead atoms. The molecule has 4 heteroatoms. The highest BCUT2D eigenvalue weighted by molar-refractivity contribution is 8.33. The zero-order valence-electron chi connectivity index (χ0n) is 31.2. The second-order valence-corrected chi connectivity index (χ2v) is 17.6. The molecule has 0 aromatic heterocycles. The molecule has 0 amide bonds. The van der Waals surface area contributed by atoms with Gasteiger partial charge in [-0.3, -0.25) is 4.99 Å². The maximum atomic E-state index is 5.89. The van der Waals surface area contributed by atoms with Crippen molar-refractivity contribution in [3.63, 3.8) is 0 Å². The Balaban J connectivity index is 1.15. The van der Waals surface area contributed by atoms with Gasteiger partial charge in [-0.2, -0.15) is 10.0 Å². The van der Waals surface area contributed by atoms with E-state index in [4.69, 9.17) is 9.73 Å². The van der Waals surface area contributed by atoms with Gasteiger partial charge in [0.1, 0.15) is 11.9 Å². The number of nitrogens with zero attached hydrogens (tertiary/aromatic N) is 1. The van der Waals surface area contributed by atoms with E-state index in [0.717, 1.165) is 56.1 Å². The molecule has 0 fully saturated rings. The first-order valence-electron chi connectivity index (χ1n) is 18.3. The van der Waals surface area contributed by atoms with E-state index in [-0.39, 0.29) is 6.17 Å². The van der Waals surface area contributed by atoms with Crippen molar-refractivity contribution in [1.29, 1.82) is 0 Å².